The predicted octanol–water partition coefficient (Wildman–Crippen LogP) is 3.46. The Hall–Kier alpha value is -3.35. The molecule has 3 amide bonds. The number of carbonyl (C=O) groups excluding carboxylic acids is 3. The van der Waals surface area contributed by atoms with Crippen LogP contribution in [0.25, 0.3) is 0 Å². The number of likely N-dealkylation sites (tertiary alicyclic amines) is 1. The molecule has 7 heteroatoms. The van der Waals surface area contributed by atoms with Crippen molar-refractivity contribution in [3.63, 3.8) is 0 Å². The maximum absolute atomic E-state index is 13.1. The number of hydrogen-bond acceptors (Lipinski definition) is 4. The summed E-state index contributed by atoms with van der Waals surface area (Å²) in [5, 5.41) is 2.81. The lowest BCUT2D eigenvalue weighted by atomic mass is 10.0. The number of para-hydroxylation sites is 1. The van der Waals surface area contributed by atoms with Gasteiger partial charge in [-0.2, -0.15) is 0 Å². The monoisotopic (exact) mass is 421 g/mol. The second kappa shape index (κ2) is 8.41. The number of rotatable bonds is 4. The van der Waals surface area contributed by atoms with Crippen LogP contribution in [0.4, 0.5) is 11.4 Å². The highest BCUT2D eigenvalue weighted by molar-refractivity contribution is 6.08. The molecular weight excluding hydrogens is 394 g/mol. The SMILES string of the molecule is CC1(C)Oc2ccc(C(=O)N3CCCCC3)cc2N(CC(=O)Nc2ccccc2)C1=O. The Morgan fingerprint density at radius 3 is 2.45 bits per heavy atom. The average Bonchev–Trinajstić information content (AvgIpc) is 2.77. The first-order valence-electron chi connectivity index (χ1n) is 10.6. The highest BCUT2D eigenvalue weighted by Crippen LogP contribution is 2.38. The van der Waals surface area contributed by atoms with E-state index in [1.807, 2.05) is 23.1 Å². The number of carbonyl (C=O) groups is 3. The van der Waals surface area contributed by atoms with E-state index in [1.54, 1.807) is 44.2 Å². The predicted molar refractivity (Wildman–Crippen MR) is 118 cm³/mol. The first kappa shape index (κ1) is 20.9. The third kappa shape index (κ3) is 4.40. The molecule has 0 aliphatic carbocycles. The minimum absolute atomic E-state index is 0.0616. The molecule has 7 nitrogen and oxygen atoms in total. The van der Waals surface area contributed by atoms with Gasteiger partial charge in [-0.25, -0.2) is 0 Å². The summed E-state index contributed by atoms with van der Waals surface area (Å²) in [6, 6.07) is 14.2. The fraction of sp³-hybridized carbons (Fsp3) is 0.375. The quantitative estimate of drug-likeness (QED) is 0.820. The van der Waals surface area contributed by atoms with Crippen LogP contribution in [0.15, 0.2) is 48.5 Å². The van der Waals surface area contributed by atoms with Crippen LogP contribution in [0, 0.1) is 0 Å². The molecule has 2 heterocycles. The zero-order valence-corrected chi connectivity index (χ0v) is 17.9. The number of nitrogens with one attached hydrogen (secondary N) is 1. The van der Waals surface area contributed by atoms with Crippen LogP contribution in [-0.4, -0.2) is 47.9 Å². The van der Waals surface area contributed by atoms with Crippen molar-refractivity contribution >= 4 is 29.1 Å². The van der Waals surface area contributed by atoms with Crippen molar-refractivity contribution < 1.29 is 19.1 Å². The molecule has 0 bridgehead atoms. The lowest BCUT2D eigenvalue weighted by Gasteiger charge is -2.38. The van der Waals surface area contributed by atoms with Crippen molar-refractivity contribution in [2.75, 3.05) is 29.9 Å². The summed E-state index contributed by atoms with van der Waals surface area (Å²) < 4.78 is 5.89. The van der Waals surface area contributed by atoms with Crippen LogP contribution in [0.3, 0.4) is 0 Å². The van der Waals surface area contributed by atoms with Crippen molar-refractivity contribution in [2.24, 2.45) is 0 Å². The Labute approximate surface area is 182 Å². The van der Waals surface area contributed by atoms with Crippen molar-refractivity contribution in [3.8, 4) is 5.75 Å². The van der Waals surface area contributed by atoms with E-state index < -0.39 is 5.60 Å². The molecule has 2 aliphatic heterocycles. The van der Waals surface area contributed by atoms with E-state index in [0.29, 0.717) is 22.7 Å². The third-order valence-electron chi connectivity index (χ3n) is 5.62. The zero-order chi connectivity index (χ0) is 22.0. The van der Waals surface area contributed by atoms with Gasteiger partial charge in [0.05, 0.1) is 5.69 Å². The van der Waals surface area contributed by atoms with E-state index >= 15 is 0 Å². The Balaban J connectivity index is 1.61. The molecule has 0 radical (unpaired) electrons. The number of anilines is 2. The standard InChI is InChI=1S/C24H27N3O4/c1-24(2)23(30)27(16-21(28)25-18-9-5-3-6-10-18)19-15-17(11-12-20(19)31-24)22(29)26-13-7-4-8-14-26/h3,5-6,9-12,15H,4,7-8,13-14,16H2,1-2H3,(H,25,28). The van der Waals surface area contributed by atoms with E-state index in [9.17, 15) is 14.4 Å². The zero-order valence-electron chi connectivity index (χ0n) is 17.9. The molecular formula is C24H27N3O4. The second-order valence-corrected chi connectivity index (χ2v) is 8.45. The van der Waals surface area contributed by atoms with Gasteiger partial charge in [0.1, 0.15) is 12.3 Å². The van der Waals surface area contributed by atoms with Crippen LogP contribution in [-0.2, 0) is 9.59 Å². The van der Waals surface area contributed by atoms with E-state index in [1.165, 1.54) is 4.90 Å². The number of benzene rings is 2. The van der Waals surface area contributed by atoms with E-state index in [0.717, 1.165) is 32.4 Å². The highest BCUT2D eigenvalue weighted by atomic mass is 16.5. The lowest BCUT2D eigenvalue weighted by Crippen LogP contribution is -2.54. The van der Waals surface area contributed by atoms with Crippen LogP contribution < -0.4 is 15.0 Å². The van der Waals surface area contributed by atoms with Gasteiger partial charge in [0.25, 0.3) is 11.8 Å². The molecule has 0 saturated carbocycles. The van der Waals surface area contributed by atoms with Gasteiger partial charge in [-0.3, -0.25) is 19.3 Å². The molecule has 0 spiro atoms. The largest absolute Gasteiger partial charge is 0.476 e. The van der Waals surface area contributed by atoms with E-state index in [-0.39, 0.29) is 24.3 Å². The minimum atomic E-state index is -1.11. The molecule has 2 aromatic carbocycles. The summed E-state index contributed by atoms with van der Waals surface area (Å²) in [6.07, 6.45) is 3.13. The number of amides is 3. The van der Waals surface area contributed by atoms with Crippen LogP contribution in [0.5, 0.6) is 5.75 Å². The Kier molecular flexibility index (Phi) is 5.67. The Bertz CT molecular complexity index is 997. The van der Waals surface area contributed by atoms with Crippen molar-refractivity contribution in [2.45, 2.75) is 38.7 Å². The van der Waals surface area contributed by atoms with Crippen molar-refractivity contribution in [1.29, 1.82) is 0 Å². The summed E-state index contributed by atoms with van der Waals surface area (Å²) in [4.78, 5) is 42.0. The fourth-order valence-electron chi connectivity index (χ4n) is 4.00. The van der Waals surface area contributed by atoms with Gasteiger partial charge in [0.15, 0.2) is 5.60 Å². The molecule has 2 aliphatic rings. The number of hydrogen-bond donors (Lipinski definition) is 1. The Morgan fingerprint density at radius 1 is 1.03 bits per heavy atom. The summed E-state index contributed by atoms with van der Waals surface area (Å²) in [5.74, 6) is -0.234. The smallest absolute Gasteiger partial charge is 0.271 e. The second-order valence-electron chi connectivity index (χ2n) is 8.45. The average molecular weight is 421 g/mol. The first-order chi connectivity index (χ1) is 14.8. The van der Waals surface area contributed by atoms with Crippen LogP contribution in [0.2, 0.25) is 0 Å². The normalized spacial score (nSPS) is 17.5. The first-order valence-corrected chi connectivity index (χ1v) is 10.6. The van der Waals surface area contributed by atoms with Crippen LogP contribution in [0.1, 0.15) is 43.5 Å². The fourth-order valence-corrected chi connectivity index (χ4v) is 4.00. The molecule has 31 heavy (non-hydrogen) atoms. The van der Waals surface area contributed by atoms with Crippen molar-refractivity contribution in [3.05, 3.63) is 54.1 Å². The summed E-state index contributed by atoms with van der Waals surface area (Å²) in [5.41, 5.74) is 0.473. The number of nitrogens with zero attached hydrogens (tertiary/aromatic N) is 2. The van der Waals surface area contributed by atoms with Crippen molar-refractivity contribution in [1.82, 2.24) is 4.90 Å². The minimum Gasteiger partial charge on any atom is -0.476 e. The van der Waals surface area contributed by atoms with E-state index in [2.05, 4.69) is 5.32 Å². The summed E-state index contributed by atoms with van der Waals surface area (Å²) >= 11 is 0. The maximum Gasteiger partial charge on any atom is 0.271 e. The molecule has 1 saturated heterocycles. The summed E-state index contributed by atoms with van der Waals surface area (Å²) in [7, 11) is 0. The highest BCUT2D eigenvalue weighted by Gasteiger charge is 2.42. The molecule has 0 unspecified atom stereocenters. The van der Waals surface area contributed by atoms with Crippen LogP contribution >= 0.6 is 0 Å². The van der Waals surface area contributed by atoms with Gasteiger partial charge in [0.2, 0.25) is 5.91 Å². The number of fused-ring (bicyclic) bond motifs is 1. The molecule has 2 aromatic rings. The molecule has 0 aromatic heterocycles. The van der Waals surface area contributed by atoms with E-state index in [4.69, 9.17) is 4.74 Å². The molecule has 162 valence electrons. The molecule has 4 rings (SSSR count). The molecule has 1 fully saturated rings. The van der Waals surface area contributed by atoms with Gasteiger partial charge in [-0.1, -0.05) is 18.2 Å². The van der Waals surface area contributed by atoms with Gasteiger partial charge in [-0.15, -0.1) is 0 Å². The molecule has 0 atom stereocenters. The van der Waals surface area contributed by atoms with Gasteiger partial charge in [-0.05, 0) is 63.4 Å². The summed E-state index contributed by atoms with van der Waals surface area (Å²) in [6.45, 7) is 4.65. The third-order valence-corrected chi connectivity index (χ3v) is 5.62. The topological polar surface area (TPSA) is 79.0 Å². The number of piperidine rings is 1. The van der Waals surface area contributed by atoms with Gasteiger partial charge >= 0.3 is 0 Å². The number of ether oxygens (including phenoxy) is 1. The lowest BCUT2D eigenvalue weighted by molar-refractivity contribution is -0.133. The maximum atomic E-state index is 13.1. The van der Waals surface area contributed by atoms with Gasteiger partial charge < -0.3 is 15.0 Å². The molecule has 1 N–H and O–H groups in total. The van der Waals surface area contributed by atoms with Gasteiger partial charge in [0, 0.05) is 24.3 Å². The Morgan fingerprint density at radius 2 is 1.74 bits per heavy atom.